The molecule has 1 spiro atoms. The predicted molar refractivity (Wildman–Crippen MR) is 102 cm³/mol. The lowest BCUT2D eigenvalue weighted by Gasteiger charge is -2.39. The molecule has 0 aliphatic carbocycles. The van der Waals surface area contributed by atoms with Gasteiger partial charge in [0.1, 0.15) is 5.82 Å². The number of hydrogen-bond acceptors (Lipinski definition) is 3. The number of likely N-dealkylation sites (tertiary alicyclic amines) is 1. The summed E-state index contributed by atoms with van der Waals surface area (Å²) in [5, 5.41) is 3.25. The van der Waals surface area contributed by atoms with Gasteiger partial charge < -0.3 is 14.8 Å². The summed E-state index contributed by atoms with van der Waals surface area (Å²) in [7, 11) is 0. The molecule has 1 N–H and O–H groups in total. The average Bonchev–Trinajstić information content (AvgIpc) is 3.24. The molecule has 2 amide bonds. The van der Waals surface area contributed by atoms with Crippen LogP contribution in [0.4, 0.5) is 0 Å². The number of rotatable bonds is 4. The van der Waals surface area contributed by atoms with Gasteiger partial charge in [0, 0.05) is 44.0 Å². The van der Waals surface area contributed by atoms with E-state index in [-0.39, 0.29) is 23.3 Å². The topological polar surface area (TPSA) is 67.2 Å². The molecule has 0 radical (unpaired) electrons. The summed E-state index contributed by atoms with van der Waals surface area (Å²) < 4.78 is 2.00. The summed E-state index contributed by atoms with van der Waals surface area (Å²) in [4.78, 5) is 31.2. The van der Waals surface area contributed by atoms with Crippen molar-refractivity contribution in [3.63, 3.8) is 0 Å². The van der Waals surface area contributed by atoms with Crippen LogP contribution in [0.1, 0.15) is 43.0 Å². The number of aromatic nitrogens is 2. The average molecular weight is 366 g/mol. The summed E-state index contributed by atoms with van der Waals surface area (Å²) in [6.45, 7) is 4.03. The summed E-state index contributed by atoms with van der Waals surface area (Å²) in [6.07, 6.45) is 6.65. The van der Waals surface area contributed by atoms with E-state index in [9.17, 15) is 9.59 Å². The molecule has 1 aromatic carbocycles. The van der Waals surface area contributed by atoms with Crippen molar-refractivity contribution in [2.24, 2.45) is 0 Å². The fourth-order valence-corrected chi connectivity index (χ4v) is 4.37. The highest BCUT2D eigenvalue weighted by Gasteiger charge is 2.46. The minimum atomic E-state index is -0.157. The Hall–Kier alpha value is -2.63. The molecule has 0 saturated carbocycles. The van der Waals surface area contributed by atoms with E-state index in [1.807, 2.05) is 52.9 Å². The van der Waals surface area contributed by atoms with Crippen molar-refractivity contribution in [2.75, 3.05) is 13.1 Å². The Morgan fingerprint density at radius 3 is 2.67 bits per heavy atom. The highest BCUT2D eigenvalue weighted by atomic mass is 16.2. The molecule has 2 aliphatic rings. The number of benzene rings is 1. The van der Waals surface area contributed by atoms with Gasteiger partial charge in [0.15, 0.2) is 0 Å². The zero-order chi connectivity index (χ0) is 18.9. The van der Waals surface area contributed by atoms with E-state index in [0.29, 0.717) is 26.1 Å². The lowest BCUT2D eigenvalue weighted by Crippen LogP contribution is -2.52. The highest BCUT2D eigenvalue weighted by molar-refractivity contribution is 5.87. The SMILES string of the molecule is Cc1nccn1CCC(=O)N1CCC2(CC1)C[C@H](c1ccccc1)C(=O)N2. The van der Waals surface area contributed by atoms with Crippen molar-refractivity contribution in [2.45, 2.75) is 50.6 Å². The molecule has 0 bridgehead atoms. The number of nitrogens with zero attached hydrogens (tertiary/aromatic N) is 3. The number of carbonyl (C=O) groups excluding carboxylic acids is 2. The van der Waals surface area contributed by atoms with Crippen LogP contribution in [0.2, 0.25) is 0 Å². The van der Waals surface area contributed by atoms with Crippen LogP contribution in [-0.4, -0.2) is 44.9 Å². The third-order valence-electron chi connectivity index (χ3n) is 6.07. The molecule has 2 saturated heterocycles. The zero-order valence-corrected chi connectivity index (χ0v) is 15.7. The lowest BCUT2D eigenvalue weighted by molar-refractivity contribution is -0.133. The molecule has 2 aliphatic heterocycles. The normalized spacial score (nSPS) is 21.4. The van der Waals surface area contributed by atoms with Crippen molar-refractivity contribution in [1.29, 1.82) is 0 Å². The van der Waals surface area contributed by atoms with Gasteiger partial charge in [0.25, 0.3) is 0 Å². The fourth-order valence-electron chi connectivity index (χ4n) is 4.37. The van der Waals surface area contributed by atoms with Crippen LogP contribution >= 0.6 is 0 Å². The Labute approximate surface area is 159 Å². The van der Waals surface area contributed by atoms with Crippen molar-refractivity contribution < 1.29 is 9.59 Å². The van der Waals surface area contributed by atoms with Crippen LogP contribution in [-0.2, 0) is 16.1 Å². The first-order valence-electron chi connectivity index (χ1n) is 9.69. The molecule has 6 heteroatoms. The van der Waals surface area contributed by atoms with Crippen molar-refractivity contribution >= 4 is 11.8 Å². The van der Waals surface area contributed by atoms with Gasteiger partial charge in [-0.1, -0.05) is 30.3 Å². The molecule has 2 fully saturated rings. The molecular formula is C21H26N4O2. The number of aryl methyl sites for hydroxylation is 2. The van der Waals surface area contributed by atoms with E-state index in [2.05, 4.69) is 10.3 Å². The number of hydrogen-bond donors (Lipinski definition) is 1. The van der Waals surface area contributed by atoms with Crippen LogP contribution in [0.3, 0.4) is 0 Å². The molecule has 4 rings (SSSR count). The zero-order valence-electron chi connectivity index (χ0n) is 15.7. The number of carbonyl (C=O) groups is 2. The van der Waals surface area contributed by atoms with Crippen LogP contribution < -0.4 is 5.32 Å². The first-order chi connectivity index (χ1) is 13.1. The Morgan fingerprint density at radius 1 is 1.26 bits per heavy atom. The molecule has 6 nitrogen and oxygen atoms in total. The van der Waals surface area contributed by atoms with Gasteiger partial charge in [0.05, 0.1) is 5.92 Å². The predicted octanol–water partition coefficient (Wildman–Crippen LogP) is 2.25. The van der Waals surface area contributed by atoms with Gasteiger partial charge in [-0.2, -0.15) is 0 Å². The molecule has 142 valence electrons. The first kappa shape index (κ1) is 17.8. The van der Waals surface area contributed by atoms with Gasteiger partial charge >= 0.3 is 0 Å². The third-order valence-corrected chi connectivity index (χ3v) is 6.07. The lowest BCUT2D eigenvalue weighted by atomic mass is 9.82. The van der Waals surface area contributed by atoms with Crippen LogP contribution in [0, 0.1) is 6.92 Å². The fraction of sp³-hybridized carbons (Fsp3) is 0.476. The maximum absolute atomic E-state index is 12.6. The van der Waals surface area contributed by atoms with Crippen LogP contribution in [0.25, 0.3) is 0 Å². The van der Waals surface area contributed by atoms with Crippen LogP contribution in [0.15, 0.2) is 42.7 Å². The number of imidazole rings is 1. The van der Waals surface area contributed by atoms with Gasteiger partial charge in [-0.15, -0.1) is 0 Å². The second-order valence-electron chi connectivity index (χ2n) is 7.74. The Bertz CT molecular complexity index is 822. The minimum absolute atomic E-state index is 0.0716. The molecule has 1 atom stereocenters. The van der Waals surface area contributed by atoms with E-state index in [1.54, 1.807) is 6.20 Å². The molecule has 27 heavy (non-hydrogen) atoms. The molecule has 1 aromatic heterocycles. The van der Waals surface area contributed by atoms with Gasteiger partial charge in [-0.05, 0) is 31.7 Å². The number of nitrogens with one attached hydrogen (secondary N) is 1. The van der Waals surface area contributed by atoms with Gasteiger partial charge in [0.2, 0.25) is 11.8 Å². The van der Waals surface area contributed by atoms with E-state index in [4.69, 9.17) is 0 Å². The monoisotopic (exact) mass is 366 g/mol. The Kier molecular flexibility index (Phi) is 4.72. The second-order valence-corrected chi connectivity index (χ2v) is 7.74. The van der Waals surface area contributed by atoms with Crippen molar-refractivity contribution in [3.05, 3.63) is 54.1 Å². The van der Waals surface area contributed by atoms with Crippen molar-refractivity contribution in [3.8, 4) is 0 Å². The highest BCUT2D eigenvalue weighted by Crippen LogP contribution is 2.39. The standard InChI is InChI=1S/C21H26N4O2/c1-16-22-10-14-24(16)11-7-19(26)25-12-8-21(9-13-25)15-18(20(27)23-21)17-5-3-2-4-6-17/h2-6,10,14,18H,7-9,11-13,15H2,1H3,(H,23,27)/t18-/m1/s1. The molecule has 0 unspecified atom stereocenters. The smallest absolute Gasteiger partial charge is 0.228 e. The first-order valence-corrected chi connectivity index (χ1v) is 9.69. The number of piperidine rings is 1. The van der Waals surface area contributed by atoms with E-state index in [0.717, 1.165) is 30.7 Å². The summed E-state index contributed by atoms with van der Waals surface area (Å²) in [5.74, 6) is 1.16. The Morgan fingerprint density at radius 2 is 2.00 bits per heavy atom. The van der Waals surface area contributed by atoms with Crippen molar-refractivity contribution in [1.82, 2.24) is 19.8 Å². The van der Waals surface area contributed by atoms with Gasteiger partial charge in [-0.25, -0.2) is 4.98 Å². The maximum Gasteiger partial charge on any atom is 0.228 e. The quantitative estimate of drug-likeness (QED) is 0.902. The number of amides is 2. The van der Waals surface area contributed by atoms with Gasteiger partial charge in [-0.3, -0.25) is 9.59 Å². The summed E-state index contributed by atoms with van der Waals surface area (Å²) in [5.41, 5.74) is 0.927. The third kappa shape index (κ3) is 3.61. The molecular weight excluding hydrogens is 340 g/mol. The molecule has 2 aromatic rings. The largest absolute Gasteiger partial charge is 0.350 e. The summed E-state index contributed by atoms with van der Waals surface area (Å²) in [6, 6.07) is 10.00. The second kappa shape index (κ2) is 7.18. The van der Waals surface area contributed by atoms with E-state index >= 15 is 0 Å². The Balaban J connectivity index is 1.33. The van der Waals surface area contributed by atoms with E-state index in [1.165, 1.54) is 0 Å². The maximum atomic E-state index is 12.6. The van der Waals surface area contributed by atoms with Crippen LogP contribution in [0.5, 0.6) is 0 Å². The minimum Gasteiger partial charge on any atom is -0.350 e. The summed E-state index contributed by atoms with van der Waals surface area (Å²) >= 11 is 0. The van der Waals surface area contributed by atoms with E-state index < -0.39 is 0 Å². The molecule has 3 heterocycles.